The van der Waals surface area contributed by atoms with Crippen molar-refractivity contribution in [2.24, 2.45) is 0 Å². The molecule has 1 amide bonds. The summed E-state index contributed by atoms with van der Waals surface area (Å²) in [4.78, 5) is 24.3. The number of rotatable bonds is 4. The average molecular weight is 330 g/mol. The van der Waals surface area contributed by atoms with Crippen molar-refractivity contribution in [2.75, 3.05) is 13.1 Å². The average Bonchev–Trinajstić information content (AvgIpc) is 3.24. The molecular formula is C14H15BN4O5. The third-order valence-corrected chi connectivity index (χ3v) is 4.05. The number of nitrogens with zero attached hydrogens (tertiary/aromatic N) is 4. The maximum absolute atomic E-state index is 12.4. The Bertz CT molecular complexity index is 778. The number of nitro benzene ring substituents is 1. The molecule has 124 valence electrons. The van der Waals surface area contributed by atoms with Gasteiger partial charge in [-0.25, -0.2) is 4.68 Å². The molecule has 2 aromatic rings. The lowest BCUT2D eigenvalue weighted by Gasteiger charge is -2.14. The molecule has 1 atom stereocenters. The summed E-state index contributed by atoms with van der Waals surface area (Å²) in [6.45, 7) is 0.699. The van der Waals surface area contributed by atoms with Crippen molar-refractivity contribution >= 4 is 18.7 Å². The Balaban J connectivity index is 1.77. The third kappa shape index (κ3) is 3.14. The topological polar surface area (TPSA) is 122 Å². The summed E-state index contributed by atoms with van der Waals surface area (Å²) < 4.78 is 1.40. The second-order valence-electron chi connectivity index (χ2n) is 5.64. The summed E-state index contributed by atoms with van der Waals surface area (Å²) >= 11 is 0. The summed E-state index contributed by atoms with van der Waals surface area (Å²) in [6, 6.07) is 7.48. The van der Waals surface area contributed by atoms with Crippen LogP contribution in [-0.4, -0.2) is 55.8 Å². The standard InChI is InChI=1S/C14H15BN4O5/c20-14(17-6-4-10(9-17)15(21)22)13-5-7-18(16-13)11-2-1-3-12(8-11)19(23)24/h1-3,5,7-8,10,21-22H,4,6,9H2. The Morgan fingerprint density at radius 3 is 2.83 bits per heavy atom. The van der Waals surface area contributed by atoms with Gasteiger partial charge in [0.15, 0.2) is 5.69 Å². The van der Waals surface area contributed by atoms with E-state index < -0.39 is 12.0 Å². The largest absolute Gasteiger partial charge is 0.456 e. The highest BCUT2D eigenvalue weighted by Crippen LogP contribution is 2.24. The summed E-state index contributed by atoms with van der Waals surface area (Å²) in [6.07, 6.45) is 2.08. The lowest BCUT2D eigenvalue weighted by Crippen LogP contribution is -2.30. The Morgan fingerprint density at radius 2 is 2.17 bits per heavy atom. The van der Waals surface area contributed by atoms with E-state index in [2.05, 4.69) is 5.10 Å². The highest BCUT2D eigenvalue weighted by Gasteiger charge is 2.34. The molecular weight excluding hydrogens is 315 g/mol. The second kappa shape index (κ2) is 6.42. The lowest BCUT2D eigenvalue weighted by molar-refractivity contribution is -0.384. The molecule has 2 N–H and O–H groups in total. The number of hydrogen-bond donors (Lipinski definition) is 2. The molecule has 24 heavy (non-hydrogen) atoms. The molecule has 0 bridgehead atoms. The van der Waals surface area contributed by atoms with E-state index in [4.69, 9.17) is 0 Å². The molecule has 0 saturated carbocycles. The van der Waals surface area contributed by atoms with Gasteiger partial charge in [-0.15, -0.1) is 0 Å². The fourth-order valence-electron chi connectivity index (χ4n) is 2.71. The van der Waals surface area contributed by atoms with Gasteiger partial charge < -0.3 is 14.9 Å². The Hall–Kier alpha value is -2.72. The summed E-state index contributed by atoms with van der Waals surface area (Å²) in [7, 11) is -1.44. The van der Waals surface area contributed by atoms with Crippen LogP contribution in [0.4, 0.5) is 5.69 Å². The van der Waals surface area contributed by atoms with Crippen LogP contribution in [0.3, 0.4) is 0 Å². The first kappa shape index (κ1) is 16.2. The maximum atomic E-state index is 12.4. The van der Waals surface area contributed by atoms with Crippen LogP contribution in [0.2, 0.25) is 5.82 Å². The van der Waals surface area contributed by atoms with Gasteiger partial charge in [0.2, 0.25) is 0 Å². The number of likely N-dealkylation sites (tertiary alicyclic amines) is 1. The van der Waals surface area contributed by atoms with Gasteiger partial charge in [0.1, 0.15) is 0 Å². The first-order valence-corrected chi connectivity index (χ1v) is 7.41. The van der Waals surface area contributed by atoms with Crippen molar-refractivity contribution in [3.63, 3.8) is 0 Å². The zero-order valence-corrected chi connectivity index (χ0v) is 12.6. The number of amides is 1. The van der Waals surface area contributed by atoms with Crippen LogP contribution in [0.25, 0.3) is 5.69 Å². The van der Waals surface area contributed by atoms with Crippen LogP contribution in [0, 0.1) is 10.1 Å². The zero-order chi connectivity index (χ0) is 17.3. The summed E-state index contributed by atoms with van der Waals surface area (Å²) in [5.74, 6) is -0.657. The van der Waals surface area contributed by atoms with Crippen molar-refractivity contribution in [2.45, 2.75) is 12.2 Å². The van der Waals surface area contributed by atoms with Gasteiger partial charge in [0.25, 0.3) is 11.6 Å². The van der Waals surface area contributed by atoms with Crippen molar-refractivity contribution in [1.82, 2.24) is 14.7 Å². The van der Waals surface area contributed by atoms with Crippen LogP contribution in [0.5, 0.6) is 0 Å². The van der Waals surface area contributed by atoms with E-state index in [1.807, 2.05) is 0 Å². The lowest BCUT2D eigenvalue weighted by atomic mass is 9.72. The zero-order valence-electron chi connectivity index (χ0n) is 12.6. The van der Waals surface area contributed by atoms with Gasteiger partial charge >= 0.3 is 7.12 Å². The van der Waals surface area contributed by atoms with Crippen LogP contribution in [-0.2, 0) is 0 Å². The summed E-state index contributed by atoms with van der Waals surface area (Å²) in [5, 5.41) is 33.4. The molecule has 1 aliphatic rings. The van der Waals surface area contributed by atoms with E-state index in [1.165, 1.54) is 27.8 Å². The molecule has 1 saturated heterocycles. The minimum Gasteiger partial charge on any atom is -0.427 e. The molecule has 0 spiro atoms. The molecule has 1 aromatic heterocycles. The number of carbonyl (C=O) groups excluding carboxylic acids is 1. The quantitative estimate of drug-likeness (QED) is 0.477. The summed E-state index contributed by atoms with van der Waals surface area (Å²) in [5.41, 5.74) is 0.623. The number of carbonyl (C=O) groups is 1. The molecule has 3 rings (SSSR count). The first-order chi connectivity index (χ1) is 11.5. The molecule has 1 fully saturated rings. The highest BCUT2D eigenvalue weighted by atomic mass is 16.6. The fraction of sp³-hybridized carbons (Fsp3) is 0.286. The number of non-ortho nitro benzene ring substituents is 1. The smallest absolute Gasteiger partial charge is 0.427 e. The van der Waals surface area contributed by atoms with Crippen LogP contribution < -0.4 is 0 Å². The van der Waals surface area contributed by atoms with Crippen LogP contribution in [0.15, 0.2) is 36.5 Å². The van der Waals surface area contributed by atoms with Crippen molar-refractivity contribution in [3.05, 3.63) is 52.3 Å². The van der Waals surface area contributed by atoms with Crippen molar-refractivity contribution in [3.8, 4) is 5.69 Å². The molecule has 10 heteroatoms. The van der Waals surface area contributed by atoms with Gasteiger partial charge in [-0.2, -0.15) is 5.10 Å². The number of benzene rings is 1. The molecule has 0 aliphatic carbocycles. The molecule has 2 heterocycles. The predicted molar refractivity (Wildman–Crippen MR) is 84.7 cm³/mol. The van der Waals surface area contributed by atoms with E-state index in [-0.39, 0.29) is 29.7 Å². The maximum Gasteiger partial charge on any atom is 0.456 e. The highest BCUT2D eigenvalue weighted by molar-refractivity contribution is 6.43. The Kier molecular flexibility index (Phi) is 4.32. The van der Waals surface area contributed by atoms with Crippen LogP contribution >= 0.6 is 0 Å². The first-order valence-electron chi connectivity index (χ1n) is 7.41. The van der Waals surface area contributed by atoms with E-state index in [0.717, 1.165) is 0 Å². The minimum absolute atomic E-state index is 0.0600. The van der Waals surface area contributed by atoms with Crippen molar-refractivity contribution < 1.29 is 19.8 Å². The molecule has 9 nitrogen and oxygen atoms in total. The molecule has 1 unspecified atom stereocenters. The van der Waals surface area contributed by atoms with Gasteiger partial charge in [-0.05, 0) is 18.6 Å². The predicted octanol–water partition coefficient (Wildman–Crippen LogP) is 0.469. The monoisotopic (exact) mass is 330 g/mol. The number of hydrogen-bond acceptors (Lipinski definition) is 6. The van der Waals surface area contributed by atoms with E-state index in [1.54, 1.807) is 18.3 Å². The van der Waals surface area contributed by atoms with Gasteiger partial charge in [0.05, 0.1) is 10.6 Å². The normalized spacial score (nSPS) is 17.1. The molecule has 1 aromatic carbocycles. The fourth-order valence-corrected chi connectivity index (χ4v) is 2.71. The molecule has 0 radical (unpaired) electrons. The van der Waals surface area contributed by atoms with Gasteiger partial charge in [0, 0.05) is 37.2 Å². The third-order valence-electron chi connectivity index (χ3n) is 4.05. The minimum atomic E-state index is -1.44. The molecule has 1 aliphatic heterocycles. The van der Waals surface area contributed by atoms with Crippen LogP contribution in [0.1, 0.15) is 16.9 Å². The second-order valence-corrected chi connectivity index (χ2v) is 5.64. The SMILES string of the molecule is O=C(c1ccn(-c2cccc([N+](=O)[O-])c2)n1)N1CCC(B(O)O)C1. The Labute approximate surface area is 137 Å². The van der Waals surface area contributed by atoms with E-state index in [0.29, 0.717) is 18.7 Å². The Morgan fingerprint density at radius 1 is 1.38 bits per heavy atom. The van der Waals surface area contributed by atoms with Gasteiger partial charge in [-0.3, -0.25) is 14.9 Å². The van der Waals surface area contributed by atoms with E-state index in [9.17, 15) is 25.0 Å². The van der Waals surface area contributed by atoms with Gasteiger partial charge in [-0.1, -0.05) is 6.07 Å². The van der Waals surface area contributed by atoms with E-state index >= 15 is 0 Å². The number of aromatic nitrogens is 2. The van der Waals surface area contributed by atoms with Crippen molar-refractivity contribution in [1.29, 1.82) is 0 Å². The number of nitro groups is 1.